The van der Waals surface area contributed by atoms with Crippen LogP contribution in [0.5, 0.6) is 0 Å². The molecule has 0 radical (unpaired) electrons. The molecule has 1 N–H and O–H groups in total. The van der Waals surface area contributed by atoms with Crippen molar-refractivity contribution in [2.75, 3.05) is 26.0 Å². The van der Waals surface area contributed by atoms with Crippen LogP contribution in [0.1, 0.15) is 44.6 Å². The Morgan fingerprint density at radius 2 is 2.00 bits per heavy atom. The molecule has 0 spiro atoms. The molecule has 0 aliphatic carbocycles. The molecule has 30 heavy (non-hydrogen) atoms. The summed E-state index contributed by atoms with van der Waals surface area (Å²) in [6, 6.07) is 1.25. The van der Waals surface area contributed by atoms with Gasteiger partial charge in [-0.3, -0.25) is 9.59 Å². The third-order valence-electron chi connectivity index (χ3n) is 4.00. The van der Waals surface area contributed by atoms with Crippen LogP contribution in [0.2, 0.25) is 0 Å². The first-order valence-electron chi connectivity index (χ1n) is 9.07. The second-order valence-corrected chi connectivity index (χ2v) is 7.72. The zero-order valence-corrected chi connectivity index (χ0v) is 18.2. The topological polar surface area (TPSA) is 137 Å². The number of ether oxygens (including phenoxy) is 1. The van der Waals surface area contributed by atoms with Crippen LogP contribution in [0, 0.1) is 24.0 Å². The van der Waals surface area contributed by atoms with Crippen LogP contribution in [-0.2, 0) is 16.1 Å². The maximum Gasteiger partial charge on any atom is 0.345 e. The van der Waals surface area contributed by atoms with Gasteiger partial charge in [-0.2, -0.15) is 0 Å². The van der Waals surface area contributed by atoms with Crippen molar-refractivity contribution in [3.05, 3.63) is 37.9 Å². The van der Waals surface area contributed by atoms with Crippen molar-refractivity contribution in [3.8, 4) is 0 Å². The number of aryl methyl sites for hydroxylation is 1. The van der Waals surface area contributed by atoms with E-state index in [1.165, 1.54) is 11.0 Å². The first-order chi connectivity index (χ1) is 14.1. The number of nitrogens with one attached hydrogen (secondary N) is 1. The number of anilines is 1. The van der Waals surface area contributed by atoms with E-state index in [1.54, 1.807) is 27.9 Å². The summed E-state index contributed by atoms with van der Waals surface area (Å²) in [4.78, 5) is 49.7. The summed E-state index contributed by atoms with van der Waals surface area (Å²) in [5, 5.41) is 17.8. The molecule has 11 nitrogen and oxygen atoms in total. The predicted molar refractivity (Wildman–Crippen MR) is 110 cm³/mol. The van der Waals surface area contributed by atoms with Crippen molar-refractivity contribution >= 4 is 39.9 Å². The van der Waals surface area contributed by atoms with Gasteiger partial charge in [0.05, 0.1) is 28.8 Å². The van der Waals surface area contributed by atoms with E-state index in [0.717, 1.165) is 16.0 Å². The lowest BCUT2D eigenvalue weighted by Gasteiger charge is -2.09. The highest BCUT2D eigenvalue weighted by Crippen LogP contribution is 2.34. The number of aromatic nitrogens is 2. The smallest absolute Gasteiger partial charge is 0.345 e. The largest absolute Gasteiger partial charge is 0.462 e. The van der Waals surface area contributed by atoms with E-state index >= 15 is 0 Å². The number of rotatable bonds is 8. The molecule has 0 aliphatic heterocycles. The van der Waals surface area contributed by atoms with E-state index in [4.69, 9.17) is 4.74 Å². The van der Waals surface area contributed by atoms with Crippen LogP contribution in [0.4, 0.5) is 10.8 Å². The van der Waals surface area contributed by atoms with E-state index < -0.39 is 23.3 Å². The first-order valence-corrected chi connectivity index (χ1v) is 9.89. The van der Waals surface area contributed by atoms with E-state index in [1.807, 2.05) is 6.92 Å². The minimum absolute atomic E-state index is 0.0955. The zero-order chi connectivity index (χ0) is 22.6. The van der Waals surface area contributed by atoms with Crippen LogP contribution in [0.3, 0.4) is 0 Å². The molecule has 162 valence electrons. The minimum atomic E-state index is -0.653. The summed E-state index contributed by atoms with van der Waals surface area (Å²) in [5.41, 5.74) is 0.887. The van der Waals surface area contributed by atoms with Gasteiger partial charge < -0.3 is 25.1 Å². The Balaban J connectivity index is 2.36. The summed E-state index contributed by atoms with van der Waals surface area (Å²) in [5.74, 6) is -1.92. The molecule has 0 aliphatic rings. The number of carbonyl (C=O) groups excluding carboxylic acids is 3. The van der Waals surface area contributed by atoms with Gasteiger partial charge >= 0.3 is 11.8 Å². The van der Waals surface area contributed by atoms with Gasteiger partial charge in [-0.05, 0) is 30.8 Å². The standard InChI is InChI=1S/C18H23N5O6S/c1-6-7-29-18(26)14-11(3)15(17(25)21(4)5)30-16(14)19-12(24)9-22-13(23(27)28)8-10(2)20-22/h8H,6-7,9H2,1-5H3,(H,19,24). The Hall–Kier alpha value is -3.28. The van der Waals surface area contributed by atoms with E-state index in [0.29, 0.717) is 22.6 Å². The van der Waals surface area contributed by atoms with E-state index in [9.17, 15) is 24.5 Å². The molecule has 2 rings (SSSR count). The Bertz CT molecular complexity index is 994. The lowest BCUT2D eigenvalue weighted by atomic mass is 10.1. The highest BCUT2D eigenvalue weighted by atomic mass is 32.1. The van der Waals surface area contributed by atoms with Crippen LogP contribution >= 0.6 is 11.3 Å². The van der Waals surface area contributed by atoms with Crippen LogP contribution in [-0.4, -0.2) is 58.1 Å². The van der Waals surface area contributed by atoms with Crippen molar-refractivity contribution in [3.63, 3.8) is 0 Å². The van der Waals surface area contributed by atoms with Crippen molar-refractivity contribution in [1.29, 1.82) is 0 Å². The number of hydrogen-bond donors (Lipinski definition) is 1. The first kappa shape index (κ1) is 23.0. The Morgan fingerprint density at radius 3 is 2.57 bits per heavy atom. The van der Waals surface area contributed by atoms with E-state index in [-0.39, 0.29) is 28.9 Å². The average Bonchev–Trinajstić information content (AvgIpc) is 3.18. The normalized spacial score (nSPS) is 10.6. The van der Waals surface area contributed by atoms with Gasteiger partial charge in [0.15, 0.2) is 6.54 Å². The molecule has 0 bridgehead atoms. The van der Waals surface area contributed by atoms with Crippen LogP contribution in [0.15, 0.2) is 6.07 Å². The SMILES string of the molecule is CCCOC(=O)c1c(NC(=O)Cn2nc(C)cc2[N+](=O)[O-])sc(C(=O)N(C)C)c1C. The molecule has 2 aromatic rings. The Labute approximate surface area is 176 Å². The molecular weight excluding hydrogens is 414 g/mol. The number of amides is 2. The molecule has 2 amide bonds. The van der Waals surface area contributed by atoms with Crippen LogP contribution in [0.25, 0.3) is 0 Å². The molecule has 0 aromatic carbocycles. The fourth-order valence-electron chi connectivity index (χ4n) is 2.62. The van der Waals surface area contributed by atoms with Gasteiger partial charge in [-0.15, -0.1) is 16.0 Å². The lowest BCUT2D eigenvalue weighted by molar-refractivity contribution is -0.392. The van der Waals surface area contributed by atoms with Gasteiger partial charge in [-0.1, -0.05) is 12.0 Å². The van der Waals surface area contributed by atoms with Gasteiger partial charge in [0.25, 0.3) is 11.8 Å². The number of carbonyl (C=O) groups is 3. The third-order valence-corrected chi connectivity index (χ3v) is 5.20. The summed E-state index contributed by atoms with van der Waals surface area (Å²) in [7, 11) is 3.15. The molecule has 0 atom stereocenters. The van der Waals surface area contributed by atoms with Gasteiger partial charge in [0, 0.05) is 14.1 Å². The number of esters is 1. The summed E-state index contributed by atoms with van der Waals surface area (Å²) >= 11 is 0.951. The van der Waals surface area contributed by atoms with Crippen molar-refractivity contribution in [2.45, 2.75) is 33.7 Å². The monoisotopic (exact) mass is 437 g/mol. The Morgan fingerprint density at radius 1 is 1.33 bits per heavy atom. The third kappa shape index (κ3) is 5.00. The lowest BCUT2D eigenvalue weighted by Crippen LogP contribution is -2.21. The predicted octanol–water partition coefficient (Wildman–Crippen LogP) is 2.38. The molecule has 0 saturated heterocycles. The molecule has 0 saturated carbocycles. The summed E-state index contributed by atoms with van der Waals surface area (Å²) in [6.45, 7) is 4.79. The quantitative estimate of drug-likeness (QED) is 0.380. The molecule has 0 unspecified atom stereocenters. The van der Waals surface area contributed by atoms with Gasteiger partial charge in [0.1, 0.15) is 5.00 Å². The van der Waals surface area contributed by atoms with Gasteiger partial charge in [-0.25, -0.2) is 4.79 Å². The molecule has 12 heteroatoms. The molecular formula is C18H23N5O6S. The fourth-order valence-corrected chi connectivity index (χ4v) is 3.85. The maximum absolute atomic E-state index is 12.5. The minimum Gasteiger partial charge on any atom is -0.462 e. The number of thiophene rings is 1. The number of nitrogens with zero attached hydrogens (tertiary/aromatic N) is 4. The average molecular weight is 437 g/mol. The maximum atomic E-state index is 12.5. The number of hydrogen-bond acceptors (Lipinski definition) is 8. The molecule has 2 aromatic heterocycles. The highest BCUT2D eigenvalue weighted by Gasteiger charge is 2.28. The fraction of sp³-hybridized carbons (Fsp3) is 0.444. The van der Waals surface area contributed by atoms with Crippen LogP contribution < -0.4 is 5.32 Å². The van der Waals surface area contributed by atoms with Crippen molar-refractivity contribution in [2.24, 2.45) is 0 Å². The number of nitro groups is 1. The Kier molecular flexibility index (Phi) is 7.27. The zero-order valence-electron chi connectivity index (χ0n) is 17.3. The van der Waals surface area contributed by atoms with Crippen molar-refractivity contribution < 1.29 is 24.0 Å². The second-order valence-electron chi connectivity index (χ2n) is 6.70. The summed E-state index contributed by atoms with van der Waals surface area (Å²) in [6.07, 6.45) is 0.614. The highest BCUT2D eigenvalue weighted by molar-refractivity contribution is 7.18. The van der Waals surface area contributed by atoms with Gasteiger partial charge in [0.2, 0.25) is 0 Å². The van der Waals surface area contributed by atoms with E-state index in [2.05, 4.69) is 10.4 Å². The van der Waals surface area contributed by atoms with Crippen molar-refractivity contribution in [1.82, 2.24) is 14.7 Å². The second kappa shape index (κ2) is 9.48. The summed E-state index contributed by atoms with van der Waals surface area (Å²) < 4.78 is 6.16. The molecule has 0 fully saturated rings. The molecule has 2 heterocycles.